The molecule has 1 aliphatic carbocycles. The zero-order valence-corrected chi connectivity index (χ0v) is 10.8. The molecule has 0 radical (unpaired) electrons. The van der Waals surface area contributed by atoms with Gasteiger partial charge in [0, 0.05) is 12.1 Å². The van der Waals surface area contributed by atoms with Crippen molar-refractivity contribution in [2.24, 2.45) is 0 Å². The molecule has 0 spiro atoms. The molecule has 102 valence electrons. The van der Waals surface area contributed by atoms with Crippen LogP contribution in [-0.4, -0.2) is 16.3 Å². The Morgan fingerprint density at radius 2 is 2.17 bits per heavy atom. The minimum absolute atomic E-state index is 0.116. The van der Waals surface area contributed by atoms with E-state index in [0.29, 0.717) is 12.1 Å². The number of halogens is 2. The molecule has 0 aliphatic heterocycles. The second-order valence-electron chi connectivity index (χ2n) is 4.92. The molecule has 0 amide bonds. The summed E-state index contributed by atoms with van der Waals surface area (Å²) in [6.45, 7) is 3.39. The Hall–Kier alpha value is -0.970. The van der Waals surface area contributed by atoms with Crippen LogP contribution in [0.3, 0.4) is 0 Å². The molecule has 1 aliphatic rings. The molecule has 1 aromatic heterocycles. The topological polar surface area (TPSA) is 29.9 Å². The molecule has 0 atom stereocenters. The van der Waals surface area contributed by atoms with Gasteiger partial charge in [-0.2, -0.15) is 5.10 Å². The van der Waals surface area contributed by atoms with E-state index in [2.05, 4.69) is 17.3 Å². The van der Waals surface area contributed by atoms with Gasteiger partial charge in [0.1, 0.15) is 5.69 Å². The SMILES string of the molecule is CCCNCc1cnn(C2CCCC2)c1C(F)F. The van der Waals surface area contributed by atoms with E-state index in [9.17, 15) is 8.78 Å². The first kappa shape index (κ1) is 13.5. The Labute approximate surface area is 107 Å². The first-order chi connectivity index (χ1) is 8.74. The van der Waals surface area contributed by atoms with Crippen LogP contribution in [0.1, 0.15) is 62.8 Å². The number of aromatic nitrogens is 2. The minimum Gasteiger partial charge on any atom is -0.313 e. The molecule has 2 rings (SSSR count). The van der Waals surface area contributed by atoms with E-state index < -0.39 is 6.43 Å². The molecule has 1 aromatic rings. The van der Waals surface area contributed by atoms with Crippen LogP contribution in [0.15, 0.2) is 6.20 Å². The van der Waals surface area contributed by atoms with Gasteiger partial charge in [-0.15, -0.1) is 0 Å². The van der Waals surface area contributed by atoms with E-state index in [4.69, 9.17) is 0 Å². The first-order valence-electron chi connectivity index (χ1n) is 6.79. The summed E-state index contributed by atoms with van der Waals surface area (Å²) in [4.78, 5) is 0. The average molecular weight is 257 g/mol. The Morgan fingerprint density at radius 3 is 2.78 bits per heavy atom. The fourth-order valence-corrected chi connectivity index (χ4v) is 2.62. The third-order valence-electron chi connectivity index (χ3n) is 3.53. The van der Waals surface area contributed by atoms with Crippen LogP contribution in [0.5, 0.6) is 0 Å². The van der Waals surface area contributed by atoms with Gasteiger partial charge in [0.15, 0.2) is 0 Å². The van der Waals surface area contributed by atoms with E-state index in [-0.39, 0.29) is 11.7 Å². The highest BCUT2D eigenvalue weighted by Gasteiger charge is 2.26. The molecular formula is C13H21F2N3. The molecule has 0 saturated heterocycles. The van der Waals surface area contributed by atoms with Gasteiger partial charge in [0.25, 0.3) is 6.43 Å². The van der Waals surface area contributed by atoms with Gasteiger partial charge in [0.2, 0.25) is 0 Å². The van der Waals surface area contributed by atoms with E-state index in [1.807, 2.05) is 0 Å². The standard InChI is InChI=1S/C13H21F2N3/c1-2-7-16-8-10-9-17-18(12(10)13(14)15)11-5-3-4-6-11/h9,11,13,16H,2-8H2,1H3. The lowest BCUT2D eigenvalue weighted by atomic mass is 10.2. The molecule has 0 unspecified atom stereocenters. The largest absolute Gasteiger partial charge is 0.313 e. The predicted octanol–water partition coefficient (Wildman–Crippen LogP) is 3.44. The lowest BCUT2D eigenvalue weighted by molar-refractivity contribution is 0.134. The van der Waals surface area contributed by atoms with Crippen LogP contribution in [-0.2, 0) is 6.54 Å². The summed E-state index contributed by atoms with van der Waals surface area (Å²) in [6, 6.07) is 0.175. The van der Waals surface area contributed by atoms with Gasteiger partial charge >= 0.3 is 0 Å². The monoisotopic (exact) mass is 257 g/mol. The summed E-state index contributed by atoms with van der Waals surface area (Å²) < 4.78 is 28.0. The van der Waals surface area contributed by atoms with Gasteiger partial charge < -0.3 is 5.32 Å². The Balaban J connectivity index is 2.14. The number of hydrogen-bond donors (Lipinski definition) is 1. The van der Waals surface area contributed by atoms with Crippen LogP contribution in [0, 0.1) is 0 Å². The van der Waals surface area contributed by atoms with Crippen molar-refractivity contribution in [2.75, 3.05) is 6.54 Å². The maximum atomic E-state index is 13.2. The Morgan fingerprint density at radius 1 is 1.44 bits per heavy atom. The zero-order valence-electron chi connectivity index (χ0n) is 10.8. The van der Waals surface area contributed by atoms with Crippen molar-refractivity contribution in [2.45, 2.75) is 58.0 Å². The first-order valence-corrected chi connectivity index (χ1v) is 6.79. The van der Waals surface area contributed by atoms with Crippen molar-refractivity contribution >= 4 is 0 Å². The molecule has 0 aromatic carbocycles. The fraction of sp³-hybridized carbons (Fsp3) is 0.769. The molecular weight excluding hydrogens is 236 g/mol. The lowest BCUT2D eigenvalue weighted by Crippen LogP contribution is -2.16. The summed E-state index contributed by atoms with van der Waals surface area (Å²) >= 11 is 0. The third kappa shape index (κ3) is 2.88. The van der Waals surface area contributed by atoms with E-state index >= 15 is 0 Å². The molecule has 1 fully saturated rings. The minimum atomic E-state index is -2.44. The Kier molecular flexibility index (Phi) is 4.69. The highest BCUT2D eigenvalue weighted by atomic mass is 19.3. The van der Waals surface area contributed by atoms with Gasteiger partial charge in [-0.05, 0) is 25.8 Å². The number of nitrogens with one attached hydrogen (secondary N) is 1. The van der Waals surface area contributed by atoms with E-state index in [1.54, 1.807) is 10.9 Å². The highest BCUT2D eigenvalue weighted by Crippen LogP contribution is 2.33. The van der Waals surface area contributed by atoms with Crippen LogP contribution in [0.4, 0.5) is 8.78 Å². The normalized spacial score (nSPS) is 16.9. The van der Waals surface area contributed by atoms with Gasteiger partial charge in [-0.1, -0.05) is 19.8 Å². The van der Waals surface area contributed by atoms with Crippen molar-refractivity contribution in [3.8, 4) is 0 Å². The maximum Gasteiger partial charge on any atom is 0.280 e. The predicted molar refractivity (Wildman–Crippen MR) is 66.7 cm³/mol. The number of hydrogen-bond acceptors (Lipinski definition) is 2. The molecule has 1 saturated carbocycles. The molecule has 1 heterocycles. The number of rotatable bonds is 6. The summed E-state index contributed by atoms with van der Waals surface area (Å²) in [6.07, 6.45) is 4.36. The second-order valence-corrected chi connectivity index (χ2v) is 4.92. The van der Waals surface area contributed by atoms with E-state index in [1.165, 1.54) is 0 Å². The van der Waals surface area contributed by atoms with Gasteiger partial charge in [-0.25, -0.2) is 8.78 Å². The molecule has 18 heavy (non-hydrogen) atoms. The van der Waals surface area contributed by atoms with Gasteiger partial charge in [-0.3, -0.25) is 4.68 Å². The lowest BCUT2D eigenvalue weighted by Gasteiger charge is -2.15. The van der Waals surface area contributed by atoms with Crippen LogP contribution in [0.25, 0.3) is 0 Å². The second kappa shape index (κ2) is 6.27. The van der Waals surface area contributed by atoms with Crippen molar-refractivity contribution in [1.29, 1.82) is 0 Å². The quantitative estimate of drug-likeness (QED) is 0.791. The average Bonchev–Trinajstić information content (AvgIpc) is 2.97. The third-order valence-corrected chi connectivity index (χ3v) is 3.53. The molecule has 3 nitrogen and oxygen atoms in total. The summed E-state index contributed by atoms with van der Waals surface area (Å²) in [7, 11) is 0. The van der Waals surface area contributed by atoms with Crippen LogP contribution >= 0.6 is 0 Å². The van der Waals surface area contributed by atoms with Gasteiger partial charge in [0.05, 0.1) is 12.2 Å². The highest BCUT2D eigenvalue weighted by molar-refractivity contribution is 5.19. The summed E-state index contributed by atoms with van der Waals surface area (Å²) in [5.41, 5.74) is 0.760. The van der Waals surface area contributed by atoms with Crippen molar-refractivity contribution in [1.82, 2.24) is 15.1 Å². The van der Waals surface area contributed by atoms with E-state index in [0.717, 1.165) is 38.6 Å². The molecule has 0 bridgehead atoms. The fourth-order valence-electron chi connectivity index (χ4n) is 2.62. The summed E-state index contributed by atoms with van der Waals surface area (Å²) in [5.74, 6) is 0. The molecule has 1 N–H and O–H groups in total. The smallest absolute Gasteiger partial charge is 0.280 e. The summed E-state index contributed by atoms with van der Waals surface area (Å²) in [5, 5.41) is 7.36. The zero-order chi connectivity index (χ0) is 13.0. The van der Waals surface area contributed by atoms with Crippen molar-refractivity contribution < 1.29 is 8.78 Å². The number of nitrogens with zero attached hydrogens (tertiary/aromatic N) is 2. The maximum absolute atomic E-state index is 13.2. The van der Waals surface area contributed by atoms with Crippen molar-refractivity contribution in [3.63, 3.8) is 0 Å². The number of alkyl halides is 2. The van der Waals surface area contributed by atoms with Crippen molar-refractivity contribution in [3.05, 3.63) is 17.5 Å². The van der Waals surface area contributed by atoms with Crippen LogP contribution in [0.2, 0.25) is 0 Å². The Bertz CT molecular complexity index is 370. The molecule has 5 heteroatoms. The van der Waals surface area contributed by atoms with Crippen LogP contribution < -0.4 is 5.32 Å².